The predicted octanol–water partition coefficient (Wildman–Crippen LogP) is 5.99. The molecule has 0 unspecified atom stereocenters. The number of anilines is 1. The molecule has 198 valence electrons. The summed E-state index contributed by atoms with van der Waals surface area (Å²) in [4.78, 5) is 4.27. The summed E-state index contributed by atoms with van der Waals surface area (Å²) < 4.78 is 52.5. The van der Waals surface area contributed by atoms with Crippen molar-refractivity contribution in [1.82, 2.24) is 10.1 Å². The van der Waals surface area contributed by atoms with Crippen LogP contribution in [0.4, 0.5) is 19.2 Å². The molecule has 37 heavy (non-hydrogen) atoms. The van der Waals surface area contributed by atoms with Crippen molar-refractivity contribution >= 4 is 6.01 Å². The van der Waals surface area contributed by atoms with Gasteiger partial charge >= 0.3 is 12.2 Å². The quantitative estimate of drug-likeness (QED) is 0.402. The van der Waals surface area contributed by atoms with Gasteiger partial charge in [0, 0.05) is 11.5 Å². The van der Waals surface area contributed by atoms with E-state index in [1.807, 2.05) is 62.4 Å². The molecule has 5 rings (SSSR count). The van der Waals surface area contributed by atoms with Crippen LogP contribution in [-0.4, -0.2) is 33.1 Å². The summed E-state index contributed by atoms with van der Waals surface area (Å²) in [6.07, 6.45) is -3.10. The first-order valence-electron chi connectivity index (χ1n) is 12.8. The van der Waals surface area contributed by atoms with Crippen molar-refractivity contribution in [2.24, 2.45) is 5.92 Å². The smallest absolute Gasteiger partial charge is 0.417 e. The van der Waals surface area contributed by atoms with E-state index in [4.69, 9.17) is 9.26 Å². The lowest BCUT2D eigenvalue weighted by molar-refractivity contribution is -0.279. The highest BCUT2D eigenvalue weighted by Gasteiger charge is 2.61. The van der Waals surface area contributed by atoms with Gasteiger partial charge < -0.3 is 19.7 Å². The van der Waals surface area contributed by atoms with Crippen LogP contribution in [0.2, 0.25) is 0 Å². The summed E-state index contributed by atoms with van der Waals surface area (Å²) >= 11 is 0. The van der Waals surface area contributed by atoms with E-state index < -0.39 is 17.2 Å². The Morgan fingerprint density at radius 3 is 2.68 bits per heavy atom. The van der Waals surface area contributed by atoms with Gasteiger partial charge in [0.05, 0.1) is 0 Å². The first-order valence-corrected chi connectivity index (χ1v) is 12.8. The van der Waals surface area contributed by atoms with Gasteiger partial charge in [0.25, 0.3) is 0 Å². The highest BCUT2D eigenvalue weighted by atomic mass is 19.4. The maximum Gasteiger partial charge on any atom is 0.417 e. The summed E-state index contributed by atoms with van der Waals surface area (Å²) in [6, 6.07) is 16.2. The van der Waals surface area contributed by atoms with Crippen LogP contribution in [0.3, 0.4) is 0 Å². The van der Waals surface area contributed by atoms with Gasteiger partial charge in [0.2, 0.25) is 5.82 Å². The molecule has 2 aromatic carbocycles. The Hall–Kier alpha value is -3.07. The number of alkyl halides is 3. The topological polar surface area (TPSA) is 80.4 Å². The van der Waals surface area contributed by atoms with E-state index >= 15 is 0 Å². The number of aryl methyl sites for hydroxylation is 1. The lowest BCUT2D eigenvalue weighted by Crippen LogP contribution is -2.56. The molecular formula is C28H32F3N3O3. The van der Waals surface area contributed by atoms with Crippen molar-refractivity contribution in [2.45, 2.75) is 82.2 Å². The van der Waals surface area contributed by atoms with Gasteiger partial charge in [0.1, 0.15) is 5.75 Å². The maximum absolute atomic E-state index is 13.8. The molecule has 1 saturated carbocycles. The fraction of sp³-hybridized carbons (Fsp3) is 0.500. The molecule has 1 heterocycles. The molecular weight excluding hydrogens is 483 g/mol. The van der Waals surface area contributed by atoms with Crippen LogP contribution in [0, 0.1) is 5.92 Å². The van der Waals surface area contributed by atoms with Gasteiger partial charge in [-0.1, -0.05) is 41.6 Å². The van der Waals surface area contributed by atoms with Crippen molar-refractivity contribution < 1.29 is 27.5 Å². The number of rotatable bonds is 7. The number of halogens is 3. The van der Waals surface area contributed by atoms with Gasteiger partial charge in [-0.2, -0.15) is 18.2 Å². The number of hydrogen-bond acceptors (Lipinski definition) is 6. The van der Waals surface area contributed by atoms with E-state index in [0.717, 1.165) is 16.7 Å². The van der Waals surface area contributed by atoms with Crippen LogP contribution in [-0.2, 0) is 24.9 Å². The van der Waals surface area contributed by atoms with Gasteiger partial charge in [-0.3, -0.25) is 0 Å². The Kier molecular flexibility index (Phi) is 6.68. The molecule has 2 N–H and O–H groups in total. The Bertz CT molecular complexity index is 1230. The molecule has 9 heteroatoms. The largest absolute Gasteiger partial charge is 0.485 e. The second-order valence-corrected chi connectivity index (χ2v) is 10.7. The minimum atomic E-state index is -4.64. The Labute approximate surface area is 214 Å². The van der Waals surface area contributed by atoms with E-state index in [9.17, 15) is 18.3 Å². The summed E-state index contributed by atoms with van der Waals surface area (Å²) in [5.74, 6) is 0.789. The molecule has 3 atom stereocenters. The number of fused-ring (bicyclic) bond motifs is 3. The fourth-order valence-electron chi connectivity index (χ4n) is 6.07. The average Bonchev–Trinajstić information content (AvgIpc) is 3.29. The highest BCUT2D eigenvalue weighted by Crippen LogP contribution is 2.57. The number of hydrogen-bond donors (Lipinski definition) is 2. The Balaban J connectivity index is 1.41. The summed E-state index contributed by atoms with van der Waals surface area (Å²) in [6.45, 7) is 4.08. The number of aromatic nitrogens is 2. The van der Waals surface area contributed by atoms with E-state index in [1.165, 1.54) is 0 Å². The molecule has 6 nitrogen and oxygen atoms in total. The van der Waals surface area contributed by atoms with Gasteiger partial charge in [-0.25, -0.2) is 0 Å². The summed E-state index contributed by atoms with van der Waals surface area (Å²) in [5.41, 5.74) is 0.119. The van der Waals surface area contributed by atoms with Crippen LogP contribution in [0.1, 0.15) is 62.0 Å². The first kappa shape index (κ1) is 25.6. The molecule has 0 saturated heterocycles. The van der Waals surface area contributed by atoms with Crippen LogP contribution in [0.5, 0.6) is 5.75 Å². The number of nitrogens with one attached hydrogen (secondary N) is 1. The predicted molar refractivity (Wildman–Crippen MR) is 132 cm³/mol. The lowest BCUT2D eigenvalue weighted by atomic mass is 9.52. The van der Waals surface area contributed by atoms with E-state index in [1.54, 1.807) is 0 Å². The normalized spacial score (nSPS) is 25.4. The van der Waals surface area contributed by atoms with Crippen molar-refractivity contribution in [2.75, 3.05) is 5.32 Å². The zero-order valence-electron chi connectivity index (χ0n) is 21.0. The second-order valence-electron chi connectivity index (χ2n) is 10.7. The SMILES string of the molecule is CC(C)Nc1nc(COc2ccc3c(c2)CC[C@@H]2C[C@@](O)(C(F)(F)F)CC[C@@]32Cc2ccccc2)no1. The highest BCUT2D eigenvalue weighted by molar-refractivity contribution is 5.45. The zero-order valence-corrected chi connectivity index (χ0v) is 21.0. The second kappa shape index (κ2) is 9.67. The van der Waals surface area contributed by atoms with E-state index in [2.05, 4.69) is 15.5 Å². The lowest BCUT2D eigenvalue weighted by Gasteiger charge is -2.53. The molecule has 0 bridgehead atoms. The molecule has 0 spiro atoms. The molecule has 3 aromatic rings. The van der Waals surface area contributed by atoms with Crippen molar-refractivity contribution in [1.29, 1.82) is 0 Å². The molecule has 2 aliphatic carbocycles. The first-order chi connectivity index (χ1) is 17.6. The van der Waals surface area contributed by atoms with E-state index in [-0.39, 0.29) is 37.8 Å². The van der Waals surface area contributed by atoms with E-state index in [0.29, 0.717) is 36.9 Å². The molecule has 0 radical (unpaired) electrons. The average molecular weight is 516 g/mol. The summed E-state index contributed by atoms with van der Waals surface area (Å²) in [7, 11) is 0. The third kappa shape index (κ3) is 5.06. The van der Waals surface area contributed by atoms with Crippen LogP contribution in [0.15, 0.2) is 53.1 Å². The molecule has 0 aliphatic heterocycles. The Morgan fingerprint density at radius 1 is 1.16 bits per heavy atom. The van der Waals surface area contributed by atoms with Crippen molar-refractivity contribution in [3.05, 3.63) is 71.0 Å². The third-order valence-electron chi connectivity index (χ3n) is 7.86. The summed E-state index contributed by atoms with van der Waals surface area (Å²) in [5, 5.41) is 17.6. The molecule has 0 amide bonds. The molecule has 1 fully saturated rings. The number of ether oxygens (including phenoxy) is 1. The van der Waals surface area contributed by atoms with Crippen LogP contribution < -0.4 is 10.1 Å². The number of aliphatic hydroxyl groups is 1. The monoisotopic (exact) mass is 515 g/mol. The minimum Gasteiger partial charge on any atom is -0.485 e. The van der Waals surface area contributed by atoms with Crippen LogP contribution >= 0.6 is 0 Å². The van der Waals surface area contributed by atoms with Gasteiger partial charge in [-0.15, -0.1) is 0 Å². The molecule has 1 aromatic heterocycles. The standard InChI is InChI=1S/C28H32F3N3O3/c1-18(2)32-25-33-24(34-37-25)17-36-22-10-11-23-20(14-22)8-9-21-16-27(35,28(29,30)31)13-12-26(21,23)15-19-6-4-3-5-7-19/h3-7,10-11,14,18,21,35H,8-9,12-13,15-17H2,1-2H3,(H,32,33,34)/t21-,26+,27-/m1/s1. The zero-order chi connectivity index (χ0) is 26.3. The van der Waals surface area contributed by atoms with Crippen molar-refractivity contribution in [3.63, 3.8) is 0 Å². The third-order valence-corrected chi connectivity index (χ3v) is 7.86. The number of benzene rings is 2. The molecule has 2 aliphatic rings. The fourth-order valence-corrected chi connectivity index (χ4v) is 6.07. The maximum atomic E-state index is 13.8. The van der Waals surface area contributed by atoms with Crippen LogP contribution in [0.25, 0.3) is 0 Å². The number of nitrogens with zero attached hydrogens (tertiary/aromatic N) is 2. The van der Waals surface area contributed by atoms with Gasteiger partial charge in [0.15, 0.2) is 12.2 Å². The van der Waals surface area contributed by atoms with Gasteiger partial charge in [-0.05, 0) is 87.1 Å². The Morgan fingerprint density at radius 2 is 1.95 bits per heavy atom. The van der Waals surface area contributed by atoms with Crippen molar-refractivity contribution in [3.8, 4) is 5.75 Å². The minimum absolute atomic E-state index is 0.137.